The molecule has 4 heteroatoms. The van der Waals surface area contributed by atoms with Crippen LogP contribution in [0.3, 0.4) is 0 Å². The van der Waals surface area contributed by atoms with Crippen molar-refractivity contribution in [2.45, 2.75) is 12.5 Å². The largest absolute Gasteiger partial charge is 0.480 e. The van der Waals surface area contributed by atoms with Crippen molar-refractivity contribution in [2.75, 3.05) is 18.1 Å². The van der Waals surface area contributed by atoms with E-state index in [1.165, 1.54) is 0 Å². The molecule has 58 valence electrons. The zero-order valence-corrected chi connectivity index (χ0v) is 6.70. The van der Waals surface area contributed by atoms with Crippen LogP contribution in [0.25, 0.3) is 0 Å². The summed E-state index contributed by atoms with van der Waals surface area (Å²) in [6.07, 6.45) is 0. The minimum absolute atomic E-state index is 0.598. The summed E-state index contributed by atoms with van der Waals surface area (Å²) in [6, 6.07) is 0. The lowest BCUT2D eigenvalue weighted by Gasteiger charge is -2.37. The molecule has 3 nitrogen and oxygen atoms in total. The number of hydrogen-bond acceptors (Lipinski definition) is 3. The molecule has 0 saturated carbocycles. The highest BCUT2D eigenvalue weighted by molar-refractivity contribution is 8.01. The average molecular weight is 161 g/mol. The van der Waals surface area contributed by atoms with Crippen LogP contribution in [0.15, 0.2) is 0 Å². The highest BCUT2D eigenvalue weighted by atomic mass is 32.2. The number of nitrogens with one attached hydrogen (secondary N) is 1. The molecule has 1 heterocycles. The number of aliphatic carboxylic acids is 1. The van der Waals surface area contributed by atoms with Gasteiger partial charge in [-0.3, -0.25) is 4.79 Å². The summed E-state index contributed by atoms with van der Waals surface area (Å²) in [6.45, 7) is 2.65. The molecule has 0 unspecified atom stereocenters. The van der Waals surface area contributed by atoms with E-state index >= 15 is 0 Å². The van der Waals surface area contributed by atoms with Crippen molar-refractivity contribution >= 4 is 17.7 Å². The first-order chi connectivity index (χ1) is 4.71. The molecule has 1 saturated heterocycles. The van der Waals surface area contributed by atoms with Crippen molar-refractivity contribution in [3.63, 3.8) is 0 Å². The van der Waals surface area contributed by atoms with Crippen LogP contribution in [0.2, 0.25) is 0 Å². The maximum Gasteiger partial charge on any atom is 0.325 e. The van der Waals surface area contributed by atoms with Gasteiger partial charge < -0.3 is 10.4 Å². The van der Waals surface area contributed by atoms with Crippen molar-refractivity contribution < 1.29 is 9.90 Å². The molecule has 10 heavy (non-hydrogen) atoms. The van der Waals surface area contributed by atoms with Gasteiger partial charge in [-0.05, 0) is 6.54 Å². The average Bonchev–Trinajstić information content (AvgIpc) is 1.77. The Balaban J connectivity index is 2.50. The molecule has 0 aromatic carbocycles. The Morgan fingerprint density at radius 2 is 2.40 bits per heavy atom. The van der Waals surface area contributed by atoms with E-state index in [4.69, 9.17) is 5.11 Å². The molecule has 0 aromatic heterocycles. The van der Waals surface area contributed by atoms with Crippen LogP contribution in [0.1, 0.15) is 6.92 Å². The van der Waals surface area contributed by atoms with Crippen LogP contribution in [0.5, 0.6) is 0 Å². The Bertz CT molecular complexity index is 145. The van der Waals surface area contributed by atoms with Gasteiger partial charge in [-0.25, -0.2) is 0 Å². The van der Waals surface area contributed by atoms with E-state index in [1.807, 2.05) is 6.92 Å². The summed E-state index contributed by atoms with van der Waals surface area (Å²) in [7, 11) is 0. The molecule has 0 bridgehead atoms. The maximum atomic E-state index is 10.6. The molecule has 1 aliphatic rings. The molecule has 1 fully saturated rings. The topological polar surface area (TPSA) is 49.3 Å². The highest BCUT2D eigenvalue weighted by Gasteiger charge is 2.44. The van der Waals surface area contributed by atoms with Gasteiger partial charge in [0, 0.05) is 11.5 Å². The summed E-state index contributed by atoms with van der Waals surface area (Å²) in [4.78, 5) is 10.6. The summed E-state index contributed by atoms with van der Waals surface area (Å²) in [5.74, 6) is 0.694. The van der Waals surface area contributed by atoms with Crippen molar-refractivity contribution in [3.05, 3.63) is 0 Å². The molecule has 0 aromatic rings. The lowest BCUT2D eigenvalue weighted by molar-refractivity contribution is -0.143. The van der Waals surface area contributed by atoms with Crippen molar-refractivity contribution in [2.24, 2.45) is 0 Å². The van der Waals surface area contributed by atoms with Gasteiger partial charge >= 0.3 is 5.97 Å². The zero-order chi connectivity index (χ0) is 7.61. The molecule has 0 amide bonds. The quantitative estimate of drug-likeness (QED) is 0.619. The van der Waals surface area contributed by atoms with Gasteiger partial charge in [-0.2, -0.15) is 11.8 Å². The monoisotopic (exact) mass is 161 g/mol. The number of carbonyl (C=O) groups is 1. The van der Waals surface area contributed by atoms with Crippen LogP contribution in [-0.2, 0) is 4.79 Å². The second kappa shape index (κ2) is 2.80. The van der Waals surface area contributed by atoms with E-state index in [9.17, 15) is 4.79 Å². The minimum atomic E-state index is -0.715. The van der Waals surface area contributed by atoms with Crippen LogP contribution in [-0.4, -0.2) is 34.7 Å². The van der Waals surface area contributed by atoms with E-state index in [1.54, 1.807) is 11.8 Å². The van der Waals surface area contributed by atoms with Crippen molar-refractivity contribution in [1.29, 1.82) is 0 Å². The highest BCUT2D eigenvalue weighted by Crippen LogP contribution is 2.29. The fourth-order valence-electron chi connectivity index (χ4n) is 0.946. The molecule has 0 aliphatic carbocycles. The van der Waals surface area contributed by atoms with Crippen molar-refractivity contribution in [3.8, 4) is 0 Å². The van der Waals surface area contributed by atoms with E-state index in [0.717, 1.165) is 6.54 Å². The fraction of sp³-hybridized carbons (Fsp3) is 0.833. The number of carboxylic acids is 1. The first-order valence-electron chi connectivity index (χ1n) is 3.27. The molecule has 0 radical (unpaired) electrons. The lowest BCUT2D eigenvalue weighted by Crippen LogP contribution is -2.61. The molecule has 1 rings (SSSR count). The molecule has 1 aliphatic heterocycles. The van der Waals surface area contributed by atoms with E-state index in [0.29, 0.717) is 11.5 Å². The summed E-state index contributed by atoms with van der Waals surface area (Å²) in [5.41, 5.74) is -0.598. The number of rotatable bonds is 3. The Morgan fingerprint density at radius 1 is 1.80 bits per heavy atom. The van der Waals surface area contributed by atoms with Crippen LogP contribution in [0.4, 0.5) is 0 Å². The normalized spacial score (nSPS) is 21.7. The maximum absolute atomic E-state index is 10.6. The Labute approximate surface area is 64.2 Å². The fourth-order valence-corrected chi connectivity index (χ4v) is 2.01. The van der Waals surface area contributed by atoms with Crippen LogP contribution >= 0.6 is 11.8 Å². The van der Waals surface area contributed by atoms with Gasteiger partial charge in [0.2, 0.25) is 0 Å². The Hall–Kier alpha value is -0.220. The third-order valence-corrected chi connectivity index (χ3v) is 3.02. The number of carboxylic acid groups (broad SMARTS) is 1. The van der Waals surface area contributed by atoms with Gasteiger partial charge in [0.1, 0.15) is 5.54 Å². The van der Waals surface area contributed by atoms with Crippen molar-refractivity contribution in [1.82, 2.24) is 5.32 Å². The Morgan fingerprint density at radius 3 is 2.50 bits per heavy atom. The molecular weight excluding hydrogens is 150 g/mol. The predicted octanol–water partition coefficient (Wildman–Crippen LogP) is 0.166. The number of thioether (sulfide) groups is 1. The predicted molar refractivity (Wildman–Crippen MR) is 41.4 cm³/mol. The standard InChI is InChI=1S/C6H11NO2S/c1-2-7-6(5(8)9)3-10-4-6/h7H,2-4H2,1H3,(H,8,9). The molecule has 0 spiro atoms. The molecular formula is C6H11NO2S. The smallest absolute Gasteiger partial charge is 0.325 e. The van der Waals surface area contributed by atoms with Gasteiger partial charge in [0.05, 0.1) is 0 Å². The SMILES string of the molecule is CCNC1(C(=O)O)CSC1. The zero-order valence-electron chi connectivity index (χ0n) is 5.89. The first kappa shape index (κ1) is 7.88. The molecule has 0 atom stereocenters. The van der Waals surface area contributed by atoms with Gasteiger partial charge in [0.15, 0.2) is 0 Å². The molecule has 2 N–H and O–H groups in total. The van der Waals surface area contributed by atoms with Gasteiger partial charge in [-0.1, -0.05) is 6.92 Å². The van der Waals surface area contributed by atoms with Crippen LogP contribution in [0, 0.1) is 0 Å². The number of likely N-dealkylation sites (N-methyl/N-ethyl adjacent to an activating group) is 1. The van der Waals surface area contributed by atoms with E-state index in [2.05, 4.69) is 5.32 Å². The van der Waals surface area contributed by atoms with Crippen LogP contribution < -0.4 is 5.32 Å². The van der Waals surface area contributed by atoms with E-state index in [-0.39, 0.29) is 0 Å². The summed E-state index contributed by atoms with van der Waals surface area (Å²) in [5, 5.41) is 11.7. The summed E-state index contributed by atoms with van der Waals surface area (Å²) >= 11 is 1.67. The number of hydrogen-bond donors (Lipinski definition) is 2. The Kier molecular flexibility index (Phi) is 2.21. The lowest BCUT2D eigenvalue weighted by atomic mass is 10.1. The van der Waals surface area contributed by atoms with Gasteiger partial charge in [-0.15, -0.1) is 0 Å². The third kappa shape index (κ3) is 1.13. The third-order valence-electron chi connectivity index (χ3n) is 1.62. The second-order valence-corrected chi connectivity index (χ2v) is 3.40. The second-order valence-electron chi connectivity index (χ2n) is 2.41. The van der Waals surface area contributed by atoms with Gasteiger partial charge in [0.25, 0.3) is 0 Å². The first-order valence-corrected chi connectivity index (χ1v) is 4.43. The van der Waals surface area contributed by atoms with E-state index < -0.39 is 11.5 Å². The minimum Gasteiger partial charge on any atom is -0.480 e. The summed E-state index contributed by atoms with van der Waals surface area (Å²) < 4.78 is 0.